The standard InChI is InChI=1S/C9H10NO4S/c11-10(12)6-7-15(13,14)8-9-4-2-1-3-5-9/h1-6H,7-8H2. The molecule has 0 saturated carbocycles. The maximum absolute atomic E-state index is 11.4. The van der Waals surface area contributed by atoms with E-state index in [0.29, 0.717) is 12.1 Å². The molecule has 0 atom stereocenters. The van der Waals surface area contributed by atoms with Gasteiger partial charge in [0.1, 0.15) is 5.75 Å². The van der Waals surface area contributed by atoms with E-state index >= 15 is 0 Å². The Kier molecular flexibility index (Phi) is 3.79. The Morgan fingerprint density at radius 2 is 1.87 bits per heavy atom. The molecule has 0 aliphatic carbocycles. The van der Waals surface area contributed by atoms with Crippen LogP contribution in [0.2, 0.25) is 0 Å². The van der Waals surface area contributed by atoms with Gasteiger partial charge in [-0.25, -0.2) is 8.42 Å². The summed E-state index contributed by atoms with van der Waals surface area (Å²) in [4.78, 5) is 9.24. The van der Waals surface area contributed by atoms with E-state index in [1.807, 2.05) is 0 Å². The Balaban J connectivity index is 2.61. The van der Waals surface area contributed by atoms with Gasteiger partial charge in [0, 0.05) is 4.92 Å². The Morgan fingerprint density at radius 1 is 1.27 bits per heavy atom. The van der Waals surface area contributed by atoms with Crippen LogP contribution in [-0.2, 0) is 15.6 Å². The summed E-state index contributed by atoms with van der Waals surface area (Å²) in [5, 5.41) is 9.98. The van der Waals surface area contributed by atoms with Crippen LogP contribution in [-0.4, -0.2) is 19.1 Å². The van der Waals surface area contributed by atoms with E-state index in [1.165, 1.54) is 0 Å². The number of benzene rings is 1. The first-order valence-electron chi connectivity index (χ1n) is 4.21. The van der Waals surface area contributed by atoms with Gasteiger partial charge in [-0.1, -0.05) is 30.3 Å². The maximum atomic E-state index is 11.4. The van der Waals surface area contributed by atoms with Gasteiger partial charge in [-0.2, -0.15) is 0 Å². The predicted molar refractivity (Wildman–Crippen MR) is 55.2 cm³/mol. The Hall–Kier alpha value is -1.43. The van der Waals surface area contributed by atoms with Gasteiger partial charge in [-0.3, -0.25) is 10.1 Å². The van der Waals surface area contributed by atoms with Crippen LogP contribution >= 0.6 is 0 Å². The smallest absolute Gasteiger partial charge is 0.264 e. The average molecular weight is 228 g/mol. The highest BCUT2D eigenvalue weighted by atomic mass is 32.2. The molecular formula is C9H10NO4S. The van der Waals surface area contributed by atoms with Crippen molar-refractivity contribution in [2.45, 2.75) is 5.75 Å². The molecule has 0 aliphatic heterocycles. The second-order valence-corrected chi connectivity index (χ2v) is 5.12. The van der Waals surface area contributed by atoms with Crippen LogP contribution in [0.5, 0.6) is 0 Å². The van der Waals surface area contributed by atoms with Gasteiger partial charge in [0.25, 0.3) is 6.54 Å². The average Bonchev–Trinajstić information content (AvgIpc) is 2.16. The van der Waals surface area contributed by atoms with E-state index in [-0.39, 0.29) is 5.75 Å². The van der Waals surface area contributed by atoms with Gasteiger partial charge in [-0.15, -0.1) is 0 Å². The predicted octanol–water partition coefficient (Wildman–Crippen LogP) is 1.04. The lowest BCUT2D eigenvalue weighted by Gasteiger charge is -2.00. The van der Waals surface area contributed by atoms with E-state index < -0.39 is 20.5 Å². The first kappa shape index (κ1) is 11.6. The molecular weight excluding hydrogens is 218 g/mol. The molecule has 0 amide bonds. The number of nitro groups is 1. The molecule has 6 heteroatoms. The summed E-state index contributed by atoms with van der Waals surface area (Å²) in [7, 11) is -3.43. The molecule has 0 bridgehead atoms. The second kappa shape index (κ2) is 4.88. The van der Waals surface area contributed by atoms with Crippen molar-refractivity contribution in [3.63, 3.8) is 0 Å². The zero-order valence-corrected chi connectivity index (χ0v) is 8.68. The van der Waals surface area contributed by atoms with Crippen LogP contribution < -0.4 is 0 Å². The summed E-state index contributed by atoms with van der Waals surface area (Å²) in [5.41, 5.74) is 0.634. The highest BCUT2D eigenvalue weighted by Crippen LogP contribution is 2.06. The molecule has 81 valence electrons. The van der Waals surface area contributed by atoms with E-state index in [2.05, 4.69) is 0 Å². The first-order valence-corrected chi connectivity index (χ1v) is 6.03. The van der Waals surface area contributed by atoms with Crippen LogP contribution in [0.25, 0.3) is 0 Å². The minimum Gasteiger partial charge on any atom is -0.264 e. The van der Waals surface area contributed by atoms with Crippen molar-refractivity contribution < 1.29 is 13.3 Å². The van der Waals surface area contributed by atoms with E-state index in [1.54, 1.807) is 30.3 Å². The van der Waals surface area contributed by atoms with Crippen LogP contribution in [0, 0.1) is 16.7 Å². The van der Waals surface area contributed by atoms with Gasteiger partial charge in [0.05, 0.1) is 5.75 Å². The number of sulfone groups is 1. The highest BCUT2D eigenvalue weighted by molar-refractivity contribution is 7.90. The minimum atomic E-state index is -3.43. The van der Waals surface area contributed by atoms with Gasteiger partial charge in [-0.05, 0) is 5.56 Å². The minimum absolute atomic E-state index is 0.168. The van der Waals surface area contributed by atoms with Crippen molar-refractivity contribution in [3.05, 3.63) is 52.6 Å². The third kappa shape index (κ3) is 4.55. The summed E-state index contributed by atoms with van der Waals surface area (Å²) in [5.74, 6) is -0.701. The van der Waals surface area contributed by atoms with Crippen molar-refractivity contribution in [1.29, 1.82) is 0 Å². The monoisotopic (exact) mass is 228 g/mol. The van der Waals surface area contributed by atoms with Crippen molar-refractivity contribution >= 4 is 9.84 Å². The van der Waals surface area contributed by atoms with Crippen LogP contribution in [0.3, 0.4) is 0 Å². The molecule has 0 saturated heterocycles. The maximum Gasteiger partial charge on any atom is 0.293 e. The topological polar surface area (TPSA) is 77.3 Å². The lowest BCUT2D eigenvalue weighted by atomic mass is 10.2. The van der Waals surface area contributed by atoms with E-state index in [9.17, 15) is 18.5 Å². The van der Waals surface area contributed by atoms with Crippen molar-refractivity contribution in [2.24, 2.45) is 0 Å². The number of rotatable bonds is 5. The Labute approximate surface area is 87.8 Å². The molecule has 0 heterocycles. The molecule has 1 rings (SSSR count). The Bertz CT molecular complexity index is 427. The van der Waals surface area contributed by atoms with Crippen LogP contribution in [0.15, 0.2) is 30.3 Å². The van der Waals surface area contributed by atoms with Crippen molar-refractivity contribution in [1.82, 2.24) is 0 Å². The highest BCUT2D eigenvalue weighted by Gasteiger charge is 2.16. The second-order valence-electron chi connectivity index (χ2n) is 3.01. The van der Waals surface area contributed by atoms with Crippen LogP contribution in [0.4, 0.5) is 0 Å². The molecule has 5 nitrogen and oxygen atoms in total. The molecule has 15 heavy (non-hydrogen) atoms. The van der Waals surface area contributed by atoms with Gasteiger partial charge in [0.2, 0.25) is 0 Å². The summed E-state index contributed by atoms with van der Waals surface area (Å²) < 4.78 is 22.7. The zero-order valence-electron chi connectivity index (χ0n) is 7.87. The largest absolute Gasteiger partial charge is 0.293 e. The fourth-order valence-electron chi connectivity index (χ4n) is 1.06. The summed E-state index contributed by atoms with van der Waals surface area (Å²) in [6, 6.07) is 8.57. The molecule has 0 fully saturated rings. The molecule has 0 unspecified atom stereocenters. The SMILES string of the molecule is O=[N+]([O-])[CH]CS(=O)(=O)Cc1ccccc1. The van der Waals surface area contributed by atoms with Gasteiger partial charge in [0.15, 0.2) is 9.84 Å². The summed E-state index contributed by atoms with van der Waals surface area (Å²) >= 11 is 0. The molecule has 0 spiro atoms. The first-order chi connectivity index (χ1) is 6.99. The van der Waals surface area contributed by atoms with E-state index in [4.69, 9.17) is 0 Å². The number of hydrogen-bond acceptors (Lipinski definition) is 4. The molecule has 0 aromatic heterocycles. The zero-order chi connectivity index (χ0) is 11.3. The Morgan fingerprint density at radius 3 is 2.40 bits per heavy atom. The van der Waals surface area contributed by atoms with Crippen molar-refractivity contribution in [2.75, 3.05) is 5.75 Å². The summed E-state index contributed by atoms with van der Waals surface area (Å²) in [6.07, 6.45) is 0. The lowest BCUT2D eigenvalue weighted by molar-refractivity contribution is -0.433. The van der Waals surface area contributed by atoms with Crippen LogP contribution in [0.1, 0.15) is 5.56 Å². The van der Waals surface area contributed by atoms with E-state index in [0.717, 1.165) is 0 Å². The quantitative estimate of drug-likeness (QED) is 0.557. The third-order valence-electron chi connectivity index (χ3n) is 1.71. The fourth-order valence-corrected chi connectivity index (χ4v) is 2.23. The van der Waals surface area contributed by atoms with Crippen molar-refractivity contribution in [3.8, 4) is 0 Å². The van der Waals surface area contributed by atoms with Gasteiger partial charge >= 0.3 is 0 Å². The third-order valence-corrected chi connectivity index (χ3v) is 3.14. The molecule has 1 aromatic rings. The molecule has 0 aliphatic rings. The number of nitrogens with zero attached hydrogens (tertiary/aromatic N) is 1. The normalized spacial score (nSPS) is 11.2. The fraction of sp³-hybridized carbons (Fsp3) is 0.222. The lowest BCUT2D eigenvalue weighted by Crippen LogP contribution is -2.13. The summed E-state index contributed by atoms with van der Waals surface area (Å²) in [6.45, 7) is 0.554. The molecule has 1 radical (unpaired) electrons. The van der Waals surface area contributed by atoms with Gasteiger partial charge < -0.3 is 0 Å². The molecule has 1 aromatic carbocycles. The number of hydrogen-bond donors (Lipinski definition) is 0. The molecule has 0 N–H and O–H groups in total.